The van der Waals surface area contributed by atoms with Crippen LogP contribution in [0.15, 0.2) is 18.3 Å². The minimum absolute atomic E-state index is 0.108. The molecule has 3 N–H and O–H groups in total. The number of nitrogens with zero attached hydrogens (tertiary/aromatic N) is 5. The molecule has 0 bridgehead atoms. The monoisotopic (exact) mass is 453 g/mol. The molecule has 2 aliphatic rings. The van der Waals surface area contributed by atoms with Crippen LogP contribution in [0.2, 0.25) is 0 Å². The van der Waals surface area contributed by atoms with Gasteiger partial charge in [-0.15, -0.1) is 0 Å². The van der Waals surface area contributed by atoms with Crippen LogP contribution in [0.3, 0.4) is 0 Å². The molecule has 1 saturated heterocycles. The summed E-state index contributed by atoms with van der Waals surface area (Å²) in [5, 5.41) is 8.56. The van der Waals surface area contributed by atoms with Gasteiger partial charge in [0.15, 0.2) is 5.13 Å². The van der Waals surface area contributed by atoms with E-state index in [9.17, 15) is 4.79 Å². The zero-order valence-corrected chi connectivity index (χ0v) is 19.0. The van der Waals surface area contributed by atoms with Crippen molar-refractivity contribution in [3.05, 3.63) is 29.6 Å². The zero-order chi connectivity index (χ0) is 22.1. The molecule has 1 fully saturated rings. The fraction of sp³-hybridized carbons (Fsp3) is 0.455. The number of morpholine rings is 1. The van der Waals surface area contributed by atoms with E-state index in [1.807, 2.05) is 12.1 Å². The maximum atomic E-state index is 11.6. The summed E-state index contributed by atoms with van der Waals surface area (Å²) in [6.45, 7) is 6.63. The van der Waals surface area contributed by atoms with Crippen LogP contribution in [-0.2, 0) is 28.9 Å². The van der Waals surface area contributed by atoms with E-state index in [-0.39, 0.29) is 5.91 Å². The number of nitrogens with one attached hydrogen (secondary N) is 1. The van der Waals surface area contributed by atoms with E-state index in [4.69, 9.17) is 20.6 Å². The van der Waals surface area contributed by atoms with Gasteiger partial charge < -0.3 is 15.8 Å². The molecular formula is C22H27N7O2S. The number of aromatic nitrogens is 4. The third-order valence-electron chi connectivity index (χ3n) is 5.88. The maximum Gasteiger partial charge on any atom is 0.223 e. The summed E-state index contributed by atoms with van der Waals surface area (Å²) in [5.74, 6) is 0.389. The summed E-state index contributed by atoms with van der Waals surface area (Å²) in [5.41, 5.74) is 11.1. The van der Waals surface area contributed by atoms with Crippen LogP contribution in [0, 0.1) is 0 Å². The molecule has 4 heterocycles. The number of ether oxygens (including phenoxy) is 1. The smallest absolute Gasteiger partial charge is 0.223 e. The Labute approximate surface area is 190 Å². The van der Waals surface area contributed by atoms with Gasteiger partial charge in [-0.2, -0.15) is 5.10 Å². The van der Waals surface area contributed by atoms with Crippen LogP contribution in [0.1, 0.15) is 24.6 Å². The number of fused-ring (bicyclic) bond motifs is 3. The molecule has 3 aromatic heterocycles. The summed E-state index contributed by atoms with van der Waals surface area (Å²) >= 11 is 1.53. The number of anilines is 2. The molecule has 1 aliphatic carbocycles. The average molecular weight is 454 g/mol. The van der Waals surface area contributed by atoms with Gasteiger partial charge in [-0.1, -0.05) is 11.3 Å². The number of nitrogens with two attached hydrogens (primary N) is 1. The molecular weight excluding hydrogens is 426 g/mol. The molecule has 0 aromatic carbocycles. The predicted molar refractivity (Wildman–Crippen MR) is 125 cm³/mol. The summed E-state index contributed by atoms with van der Waals surface area (Å²) in [6.07, 6.45) is 4.58. The van der Waals surface area contributed by atoms with Crippen molar-refractivity contribution in [3.8, 4) is 21.8 Å². The fourth-order valence-corrected chi connectivity index (χ4v) is 5.47. The summed E-state index contributed by atoms with van der Waals surface area (Å²) in [6, 6.07) is 3.80. The van der Waals surface area contributed by atoms with Crippen molar-refractivity contribution in [2.24, 2.45) is 0 Å². The Kier molecular flexibility index (Phi) is 5.90. The molecule has 32 heavy (non-hydrogen) atoms. The summed E-state index contributed by atoms with van der Waals surface area (Å²) in [7, 11) is 0. The lowest BCUT2D eigenvalue weighted by atomic mass is 10.0. The molecule has 5 rings (SSSR count). The molecule has 0 atom stereocenters. The van der Waals surface area contributed by atoms with Gasteiger partial charge in [0.05, 0.1) is 41.7 Å². The Bertz CT molecular complexity index is 1120. The highest BCUT2D eigenvalue weighted by atomic mass is 32.1. The van der Waals surface area contributed by atoms with E-state index in [2.05, 4.69) is 19.9 Å². The van der Waals surface area contributed by atoms with Gasteiger partial charge in [-0.25, -0.2) is 9.97 Å². The summed E-state index contributed by atoms with van der Waals surface area (Å²) in [4.78, 5) is 24.1. The molecule has 10 heteroatoms. The van der Waals surface area contributed by atoms with E-state index in [0.29, 0.717) is 10.9 Å². The molecule has 0 spiro atoms. The highest BCUT2D eigenvalue weighted by Gasteiger charge is 2.28. The second-order valence-electron chi connectivity index (χ2n) is 8.15. The van der Waals surface area contributed by atoms with Crippen LogP contribution in [0.25, 0.3) is 21.8 Å². The molecule has 0 unspecified atom stereocenters. The number of hydrogen-bond donors (Lipinski definition) is 2. The Balaban J connectivity index is 1.57. The van der Waals surface area contributed by atoms with Gasteiger partial charge in [0.25, 0.3) is 0 Å². The number of carbonyl (C=O) groups excluding carboxylic acids is 1. The first-order chi connectivity index (χ1) is 15.6. The molecule has 9 nitrogen and oxygen atoms in total. The van der Waals surface area contributed by atoms with Gasteiger partial charge in [0.1, 0.15) is 5.82 Å². The molecule has 1 amide bonds. The molecule has 3 aromatic rings. The molecule has 168 valence electrons. The zero-order valence-electron chi connectivity index (χ0n) is 18.1. The van der Waals surface area contributed by atoms with Gasteiger partial charge in [0, 0.05) is 43.9 Å². The Morgan fingerprint density at radius 1 is 1.25 bits per heavy atom. The first-order valence-electron chi connectivity index (χ1n) is 11.0. The number of amides is 1. The minimum Gasteiger partial charge on any atom is -0.384 e. The third-order valence-corrected chi connectivity index (χ3v) is 6.90. The van der Waals surface area contributed by atoms with E-state index < -0.39 is 0 Å². The van der Waals surface area contributed by atoms with Crippen LogP contribution in [0.5, 0.6) is 0 Å². The van der Waals surface area contributed by atoms with E-state index in [1.54, 1.807) is 6.20 Å². The van der Waals surface area contributed by atoms with Crippen molar-refractivity contribution in [1.29, 1.82) is 0 Å². The Morgan fingerprint density at radius 2 is 2.09 bits per heavy atom. The predicted octanol–water partition coefficient (Wildman–Crippen LogP) is 2.43. The number of rotatable bonds is 5. The lowest BCUT2D eigenvalue weighted by Crippen LogP contribution is -2.38. The number of nitrogen functional groups attached to an aromatic ring is 1. The van der Waals surface area contributed by atoms with Crippen molar-refractivity contribution < 1.29 is 9.53 Å². The lowest BCUT2D eigenvalue weighted by Gasteiger charge is -2.26. The first-order valence-corrected chi connectivity index (χ1v) is 11.8. The normalized spacial score (nSPS) is 16.3. The summed E-state index contributed by atoms with van der Waals surface area (Å²) < 4.78 is 7.61. The lowest BCUT2D eigenvalue weighted by molar-refractivity contribution is -0.114. The van der Waals surface area contributed by atoms with Crippen molar-refractivity contribution in [2.45, 2.75) is 32.7 Å². The van der Waals surface area contributed by atoms with Crippen LogP contribution < -0.4 is 11.1 Å². The molecule has 1 aliphatic heterocycles. The number of hydrogen-bond acceptors (Lipinski definition) is 8. The Hall–Kier alpha value is -2.82. The molecule has 0 radical (unpaired) electrons. The highest BCUT2D eigenvalue weighted by molar-refractivity contribution is 7.19. The molecule has 0 saturated carbocycles. The second kappa shape index (κ2) is 8.97. The van der Waals surface area contributed by atoms with Gasteiger partial charge in [-0.05, 0) is 31.4 Å². The van der Waals surface area contributed by atoms with Crippen molar-refractivity contribution >= 4 is 28.2 Å². The quantitative estimate of drug-likeness (QED) is 0.610. The minimum atomic E-state index is -0.108. The van der Waals surface area contributed by atoms with E-state index in [1.165, 1.54) is 23.8 Å². The standard InChI is InChI=1S/C22H27N7O2S/c1-14(30)25-22-26-17-4-2-3-16-19(15-5-6-18(23)24-13-15)27-29(20(16)21(17)32-22)8-7-28-9-11-31-12-10-28/h5-6,13H,2-4,7-12H2,1H3,(H2,23,24)(H,25,26,30). The second-order valence-corrected chi connectivity index (χ2v) is 9.15. The van der Waals surface area contributed by atoms with Gasteiger partial charge >= 0.3 is 0 Å². The van der Waals surface area contributed by atoms with E-state index in [0.717, 1.165) is 86.2 Å². The van der Waals surface area contributed by atoms with E-state index >= 15 is 0 Å². The average Bonchev–Trinajstić information content (AvgIpc) is 3.29. The topological polar surface area (TPSA) is 111 Å². The van der Waals surface area contributed by atoms with Crippen LogP contribution in [-0.4, -0.2) is 63.4 Å². The van der Waals surface area contributed by atoms with Crippen molar-refractivity contribution in [3.63, 3.8) is 0 Å². The highest BCUT2D eigenvalue weighted by Crippen LogP contribution is 2.42. The number of pyridine rings is 1. The first kappa shape index (κ1) is 21.0. The number of aryl methyl sites for hydroxylation is 1. The van der Waals surface area contributed by atoms with Gasteiger partial charge in [0.2, 0.25) is 5.91 Å². The number of carbonyl (C=O) groups is 1. The maximum absolute atomic E-state index is 11.6. The van der Waals surface area contributed by atoms with Gasteiger partial charge in [-0.3, -0.25) is 14.4 Å². The third kappa shape index (κ3) is 4.25. The largest absolute Gasteiger partial charge is 0.384 e. The van der Waals surface area contributed by atoms with Crippen LogP contribution in [0.4, 0.5) is 10.9 Å². The fourth-order valence-electron chi connectivity index (χ4n) is 4.33. The number of thiazole rings is 1. The Morgan fingerprint density at radius 3 is 2.84 bits per heavy atom. The van der Waals surface area contributed by atoms with Crippen molar-refractivity contribution in [1.82, 2.24) is 24.6 Å². The SMILES string of the molecule is CC(=O)Nc1nc2c(s1)-c1c(c(-c3ccc(N)nc3)nn1CCN1CCOCC1)CCC2. The van der Waals surface area contributed by atoms with Crippen molar-refractivity contribution in [2.75, 3.05) is 43.9 Å². The van der Waals surface area contributed by atoms with Crippen LogP contribution >= 0.6 is 11.3 Å².